The molecule has 25 heavy (non-hydrogen) atoms. The molecule has 1 aromatic heterocycles. The van der Waals surface area contributed by atoms with E-state index in [2.05, 4.69) is 4.98 Å². The molecule has 1 aliphatic rings. The summed E-state index contributed by atoms with van der Waals surface area (Å²) in [4.78, 5) is 17.4. The summed E-state index contributed by atoms with van der Waals surface area (Å²) >= 11 is 0. The predicted molar refractivity (Wildman–Crippen MR) is 79.2 cm³/mol. The van der Waals surface area contributed by atoms with E-state index in [-0.39, 0.29) is 12.8 Å². The number of alkyl halides is 3. The minimum absolute atomic E-state index is 0.190. The van der Waals surface area contributed by atoms with Crippen molar-refractivity contribution >= 4 is 13.0 Å². The van der Waals surface area contributed by atoms with E-state index in [9.17, 15) is 31.8 Å². The SMILES string of the molecule is CB(O)N1CCC(N(Cc2ncc(F)cc2F)C(=O)C(F)(F)F)CC1. The van der Waals surface area contributed by atoms with E-state index in [1.807, 2.05) is 0 Å². The first-order valence-electron chi connectivity index (χ1n) is 7.69. The number of carbonyl (C=O) groups is 1. The topological polar surface area (TPSA) is 56.7 Å². The maximum Gasteiger partial charge on any atom is 0.471 e. The number of pyridine rings is 1. The molecule has 1 aromatic rings. The molecule has 0 aromatic carbocycles. The number of halogens is 5. The average molecular weight is 365 g/mol. The summed E-state index contributed by atoms with van der Waals surface area (Å²) < 4.78 is 65.4. The van der Waals surface area contributed by atoms with E-state index >= 15 is 0 Å². The zero-order valence-electron chi connectivity index (χ0n) is 13.4. The highest BCUT2D eigenvalue weighted by Gasteiger charge is 2.45. The van der Waals surface area contributed by atoms with Crippen LogP contribution in [0.3, 0.4) is 0 Å². The summed E-state index contributed by atoms with van der Waals surface area (Å²) in [6.45, 7) is 1.42. The van der Waals surface area contributed by atoms with Crippen LogP contribution in [-0.4, -0.2) is 58.0 Å². The van der Waals surface area contributed by atoms with E-state index in [0.717, 1.165) is 0 Å². The minimum Gasteiger partial charge on any atom is -0.437 e. The van der Waals surface area contributed by atoms with Crippen LogP contribution in [0.4, 0.5) is 22.0 Å². The summed E-state index contributed by atoms with van der Waals surface area (Å²) in [5, 5.41) is 9.51. The molecule has 1 aliphatic heterocycles. The number of hydrogen-bond donors (Lipinski definition) is 1. The molecule has 1 N–H and O–H groups in total. The second-order valence-corrected chi connectivity index (χ2v) is 5.91. The van der Waals surface area contributed by atoms with Gasteiger partial charge >= 0.3 is 19.1 Å². The third-order valence-corrected chi connectivity index (χ3v) is 4.18. The van der Waals surface area contributed by atoms with Crippen LogP contribution < -0.4 is 0 Å². The molecular weight excluding hydrogens is 348 g/mol. The highest BCUT2D eigenvalue weighted by molar-refractivity contribution is 6.45. The van der Waals surface area contributed by atoms with Gasteiger partial charge in [0, 0.05) is 12.1 Å². The lowest BCUT2D eigenvalue weighted by atomic mass is 9.82. The molecule has 138 valence electrons. The Morgan fingerprint density at radius 1 is 1.40 bits per heavy atom. The molecule has 0 radical (unpaired) electrons. The smallest absolute Gasteiger partial charge is 0.437 e. The van der Waals surface area contributed by atoms with E-state index in [0.29, 0.717) is 30.3 Å². The summed E-state index contributed by atoms with van der Waals surface area (Å²) in [7, 11) is -0.746. The lowest BCUT2D eigenvalue weighted by Crippen LogP contribution is -2.53. The van der Waals surface area contributed by atoms with Crippen LogP contribution in [0.2, 0.25) is 6.82 Å². The van der Waals surface area contributed by atoms with Gasteiger partial charge in [0.2, 0.25) is 0 Å². The lowest BCUT2D eigenvalue weighted by molar-refractivity contribution is -0.189. The van der Waals surface area contributed by atoms with Crippen molar-refractivity contribution in [2.45, 2.75) is 38.4 Å². The third kappa shape index (κ3) is 4.88. The lowest BCUT2D eigenvalue weighted by Gasteiger charge is -2.39. The van der Waals surface area contributed by atoms with Gasteiger partial charge in [-0.1, -0.05) is 0 Å². The molecule has 11 heteroatoms. The van der Waals surface area contributed by atoms with Crippen LogP contribution in [0, 0.1) is 11.6 Å². The molecule has 0 atom stereocenters. The molecule has 0 spiro atoms. The van der Waals surface area contributed by atoms with Gasteiger partial charge in [0.25, 0.3) is 0 Å². The molecule has 0 aliphatic carbocycles. The van der Waals surface area contributed by atoms with Crippen molar-refractivity contribution in [3.8, 4) is 0 Å². The van der Waals surface area contributed by atoms with Crippen molar-refractivity contribution in [2.24, 2.45) is 0 Å². The molecule has 1 amide bonds. The van der Waals surface area contributed by atoms with Crippen molar-refractivity contribution in [3.63, 3.8) is 0 Å². The second-order valence-electron chi connectivity index (χ2n) is 5.91. The van der Waals surface area contributed by atoms with Crippen molar-refractivity contribution in [3.05, 3.63) is 29.6 Å². The van der Waals surface area contributed by atoms with Gasteiger partial charge in [-0.2, -0.15) is 13.2 Å². The van der Waals surface area contributed by atoms with Gasteiger partial charge in [-0.25, -0.2) is 8.78 Å². The summed E-state index contributed by atoms with van der Waals surface area (Å²) in [6.07, 6.45) is -4.05. The molecular formula is C14H17BF5N3O2. The number of carbonyl (C=O) groups excluding carboxylic acids is 1. The predicted octanol–water partition coefficient (Wildman–Crippen LogP) is 1.83. The zero-order chi connectivity index (χ0) is 18.8. The summed E-state index contributed by atoms with van der Waals surface area (Å²) in [5.74, 6) is -4.16. The molecule has 1 saturated heterocycles. The fraction of sp³-hybridized carbons (Fsp3) is 0.571. The zero-order valence-corrected chi connectivity index (χ0v) is 13.4. The second kappa shape index (κ2) is 7.65. The molecule has 2 heterocycles. The highest BCUT2D eigenvalue weighted by atomic mass is 19.4. The van der Waals surface area contributed by atoms with Crippen LogP contribution in [0.15, 0.2) is 12.3 Å². The van der Waals surface area contributed by atoms with Crippen LogP contribution in [0.25, 0.3) is 0 Å². The van der Waals surface area contributed by atoms with Gasteiger partial charge in [-0.3, -0.25) is 9.78 Å². The fourth-order valence-corrected chi connectivity index (χ4v) is 2.82. The van der Waals surface area contributed by atoms with Gasteiger partial charge in [0.15, 0.2) is 0 Å². The van der Waals surface area contributed by atoms with Gasteiger partial charge in [-0.05, 0) is 32.8 Å². The third-order valence-electron chi connectivity index (χ3n) is 4.18. The maximum absolute atomic E-state index is 13.7. The monoisotopic (exact) mass is 365 g/mol. The van der Waals surface area contributed by atoms with E-state index in [1.54, 1.807) is 4.81 Å². The molecule has 0 saturated carbocycles. The van der Waals surface area contributed by atoms with Crippen molar-refractivity contribution in [2.75, 3.05) is 13.1 Å². The largest absolute Gasteiger partial charge is 0.471 e. The maximum atomic E-state index is 13.7. The Bertz CT molecular complexity index is 621. The first-order chi connectivity index (χ1) is 11.6. The fourth-order valence-electron chi connectivity index (χ4n) is 2.82. The van der Waals surface area contributed by atoms with Gasteiger partial charge in [0.1, 0.15) is 11.6 Å². The number of nitrogens with zero attached hydrogens (tertiary/aromatic N) is 3. The summed E-state index contributed by atoms with van der Waals surface area (Å²) in [6, 6.07) is -0.274. The first kappa shape index (κ1) is 19.6. The number of rotatable bonds is 4. The summed E-state index contributed by atoms with van der Waals surface area (Å²) in [5.41, 5.74) is -0.433. The van der Waals surface area contributed by atoms with Gasteiger partial charge in [0.05, 0.1) is 18.4 Å². The van der Waals surface area contributed by atoms with Crippen LogP contribution >= 0.6 is 0 Å². The highest BCUT2D eigenvalue weighted by Crippen LogP contribution is 2.26. The average Bonchev–Trinajstić information content (AvgIpc) is 2.53. The van der Waals surface area contributed by atoms with Crippen molar-refractivity contribution in [1.29, 1.82) is 0 Å². The number of hydrogen-bond acceptors (Lipinski definition) is 4. The molecule has 0 bridgehead atoms. The molecule has 5 nitrogen and oxygen atoms in total. The van der Waals surface area contributed by atoms with E-state index < -0.39 is 49.0 Å². The van der Waals surface area contributed by atoms with Gasteiger partial charge in [-0.15, -0.1) is 0 Å². The minimum atomic E-state index is -5.11. The molecule has 1 fully saturated rings. The standard InChI is InChI=1S/C14H17BF5N3O2/c1-15(25)22-4-2-10(3-5-22)23(13(24)14(18,19)20)8-12-11(17)6-9(16)7-21-12/h6-7,10,25H,2-5,8H2,1H3. The molecule has 0 unspecified atom stereocenters. The Morgan fingerprint density at radius 3 is 2.48 bits per heavy atom. The quantitative estimate of drug-likeness (QED) is 0.654. The van der Waals surface area contributed by atoms with Crippen LogP contribution in [0.5, 0.6) is 0 Å². The Morgan fingerprint density at radius 2 is 2.00 bits per heavy atom. The number of amides is 1. The first-order valence-corrected chi connectivity index (χ1v) is 7.69. The van der Waals surface area contributed by atoms with E-state index in [1.165, 1.54) is 6.82 Å². The Hall–Kier alpha value is -1.75. The Labute approximate surface area is 141 Å². The van der Waals surface area contributed by atoms with Crippen LogP contribution in [0.1, 0.15) is 18.5 Å². The van der Waals surface area contributed by atoms with Crippen LogP contribution in [-0.2, 0) is 11.3 Å². The number of aromatic nitrogens is 1. The normalized spacial score (nSPS) is 16.8. The Kier molecular flexibility index (Phi) is 5.99. The van der Waals surface area contributed by atoms with Crippen molar-refractivity contribution in [1.82, 2.24) is 14.7 Å². The van der Waals surface area contributed by atoms with E-state index in [4.69, 9.17) is 0 Å². The molecule has 2 rings (SSSR count). The van der Waals surface area contributed by atoms with Crippen molar-refractivity contribution < 1.29 is 31.8 Å². The van der Waals surface area contributed by atoms with Gasteiger partial charge < -0.3 is 14.7 Å². The Balaban J connectivity index is 2.21. The number of piperidine rings is 1.